The van der Waals surface area contributed by atoms with Crippen LogP contribution in [-0.4, -0.2) is 20.6 Å². The molecule has 2 heterocycles. The number of aromatic nitrogens is 2. The molecule has 1 N–H and O–H groups in total. The molecule has 4 aromatic rings. The molecule has 31 heavy (non-hydrogen) atoms. The summed E-state index contributed by atoms with van der Waals surface area (Å²) in [7, 11) is 0. The van der Waals surface area contributed by atoms with Crippen LogP contribution in [0.25, 0.3) is 16.6 Å². The van der Waals surface area contributed by atoms with Crippen LogP contribution < -0.4 is 4.74 Å². The summed E-state index contributed by atoms with van der Waals surface area (Å²) in [5, 5.41) is 9.51. The number of nitrogens with zero attached hydrogens (tertiary/aromatic N) is 2. The van der Waals surface area contributed by atoms with Gasteiger partial charge in [0, 0.05) is 12.1 Å². The van der Waals surface area contributed by atoms with E-state index in [2.05, 4.69) is 47.7 Å². The molecule has 0 bridgehead atoms. The molecule has 0 fully saturated rings. The average Bonchev–Trinajstić information content (AvgIpc) is 3.07. The van der Waals surface area contributed by atoms with E-state index in [4.69, 9.17) is 4.74 Å². The van der Waals surface area contributed by atoms with Crippen molar-refractivity contribution in [2.75, 3.05) is 0 Å². The summed E-state index contributed by atoms with van der Waals surface area (Å²) < 4.78 is 8.14. The van der Waals surface area contributed by atoms with Crippen molar-refractivity contribution in [2.45, 2.75) is 27.0 Å². The number of aryl methyl sites for hydroxylation is 2. The lowest BCUT2D eigenvalue weighted by molar-refractivity contribution is 0.0697. The Balaban J connectivity index is 1.66. The Hall–Kier alpha value is -3.86. The minimum atomic E-state index is -0.953. The zero-order chi connectivity index (χ0) is 21.5. The van der Waals surface area contributed by atoms with Crippen LogP contribution in [0.3, 0.4) is 0 Å². The Kier molecular flexibility index (Phi) is 4.59. The maximum atomic E-state index is 11.6. The summed E-state index contributed by atoms with van der Waals surface area (Å²) in [6.45, 7) is 5.25. The molecule has 0 amide bonds. The molecule has 0 unspecified atom stereocenters. The van der Waals surface area contributed by atoms with Crippen LogP contribution in [0, 0.1) is 13.8 Å². The van der Waals surface area contributed by atoms with Gasteiger partial charge in [-0.25, -0.2) is 9.78 Å². The van der Waals surface area contributed by atoms with E-state index in [-0.39, 0.29) is 5.56 Å². The Morgan fingerprint density at radius 1 is 1.10 bits per heavy atom. The van der Waals surface area contributed by atoms with Gasteiger partial charge in [0.25, 0.3) is 0 Å². The minimum absolute atomic E-state index is 0.242. The topological polar surface area (TPSA) is 64.4 Å². The average molecular weight is 410 g/mol. The number of hydrogen-bond acceptors (Lipinski definition) is 3. The van der Waals surface area contributed by atoms with Crippen molar-refractivity contribution >= 4 is 22.6 Å². The fourth-order valence-corrected chi connectivity index (χ4v) is 4.08. The molecule has 0 aliphatic carbocycles. The molecule has 5 rings (SSSR count). The second kappa shape index (κ2) is 7.43. The van der Waals surface area contributed by atoms with Crippen LogP contribution in [0.2, 0.25) is 0 Å². The highest BCUT2D eigenvalue weighted by Gasteiger charge is 2.20. The van der Waals surface area contributed by atoms with Crippen molar-refractivity contribution < 1.29 is 14.6 Å². The van der Waals surface area contributed by atoms with Gasteiger partial charge in [-0.05, 0) is 72.0 Å². The number of hydrogen-bond donors (Lipinski definition) is 1. The fraction of sp³-hybridized carbons (Fsp3) is 0.154. The monoisotopic (exact) mass is 410 g/mol. The highest BCUT2D eigenvalue weighted by Crippen LogP contribution is 2.37. The van der Waals surface area contributed by atoms with Crippen LogP contribution in [0.4, 0.5) is 0 Å². The Labute approximate surface area is 180 Å². The first-order chi connectivity index (χ1) is 15.0. The van der Waals surface area contributed by atoms with Gasteiger partial charge in [-0.2, -0.15) is 0 Å². The zero-order valence-corrected chi connectivity index (χ0v) is 17.4. The number of allylic oxidation sites excluding steroid dienone is 1. The molecule has 3 aromatic carbocycles. The van der Waals surface area contributed by atoms with E-state index in [9.17, 15) is 9.90 Å². The number of imidazole rings is 1. The number of rotatable bonds is 3. The second-order valence-corrected chi connectivity index (χ2v) is 7.90. The highest BCUT2D eigenvalue weighted by molar-refractivity contribution is 5.92. The number of carboxylic acid groups (broad SMARTS) is 1. The third kappa shape index (κ3) is 3.38. The Morgan fingerprint density at radius 3 is 2.74 bits per heavy atom. The van der Waals surface area contributed by atoms with Crippen molar-refractivity contribution in [1.29, 1.82) is 0 Å². The van der Waals surface area contributed by atoms with Gasteiger partial charge in [0.2, 0.25) is 0 Å². The minimum Gasteiger partial charge on any atom is -0.488 e. The zero-order valence-electron chi connectivity index (χ0n) is 17.4. The van der Waals surface area contributed by atoms with Crippen molar-refractivity contribution in [3.05, 3.63) is 100 Å². The maximum Gasteiger partial charge on any atom is 0.335 e. The lowest BCUT2D eigenvalue weighted by Gasteiger charge is -2.12. The standard InChI is InChI=1S/C26H22N2O3/c1-16-11-23-24(12-17(16)2)28(15-27-23)10-9-21-20-6-4-3-5-19(20)14-31-25-8-7-18(26(29)30)13-22(21)25/h3-9,11-13,15H,10,14H2,1-2H3,(H,29,30)/b21-9-. The molecule has 1 aromatic heterocycles. The van der Waals surface area contributed by atoms with E-state index in [0.29, 0.717) is 18.9 Å². The summed E-state index contributed by atoms with van der Waals surface area (Å²) in [4.78, 5) is 16.2. The molecule has 1 aliphatic rings. The number of benzene rings is 3. The van der Waals surface area contributed by atoms with Crippen molar-refractivity contribution in [3.8, 4) is 5.75 Å². The van der Waals surface area contributed by atoms with Gasteiger partial charge in [0.05, 0.1) is 22.9 Å². The summed E-state index contributed by atoms with van der Waals surface area (Å²) in [5.74, 6) is -0.263. The van der Waals surface area contributed by atoms with Crippen LogP contribution in [0.15, 0.2) is 67.0 Å². The van der Waals surface area contributed by atoms with Gasteiger partial charge >= 0.3 is 5.97 Å². The molecule has 0 saturated carbocycles. The van der Waals surface area contributed by atoms with Gasteiger partial charge in [0.1, 0.15) is 12.4 Å². The van der Waals surface area contributed by atoms with Gasteiger partial charge < -0.3 is 14.4 Å². The smallest absolute Gasteiger partial charge is 0.335 e. The highest BCUT2D eigenvalue weighted by atomic mass is 16.5. The molecule has 1 aliphatic heterocycles. The van der Waals surface area contributed by atoms with Crippen molar-refractivity contribution in [3.63, 3.8) is 0 Å². The molecular formula is C26H22N2O3. The lowest BCUT2D eigenvalue weighted by atomic mass is 9.93. The van der Waals surface area contributed by atoms with Crippen LogP contribution in [0.1, 0.15) is 38.2 Å². The quantitative estimate of drug-likeness (QED) is 0.493. The third-order valence-corrected chi connectivity index (χ3v) is 5.94. The fourth-order valence-electron chi connectivity index (χ4n) is 4.08. The number of fused-ring (bicyclic) bond motifs is 3. The number of ether oxygens (including phenoxy) is 1. The second-order valence-electron chi connectivity index (χ2n) is 7.90. The van der Waals surface area contributed by atoms with E-state index >= 15 is 0 Å². The van der Waals surface area contributed by atoms with E-state index < -0.39 is 5.97 Å². The molecule has 5 nitrogen and oxygen atoms in total. The molecule has 0 atom stereocenters. The Bertz CT molecular complexity index is 1360. The first kappa shape index (κ1) is 19.1. The third-order valence-electron chi connectivity index (χ3n) is 5.94. The largest absolute Gasteiger partial charge is 0.488 e. The molecule has 154 valence electrons. The van der Waals surface area contributed by atoms with Crippen LogP contribution in [0.5, 0.6) is 5.75 Å². The molecule has 0 saturated heterocycles. The first-order valence-electron chi connectivity index (χ1n) is 10.2. The summed E-state index contributed by atoms with van der Waals surface area (Å²) in [6.07, 6.45) is 3.99. The first-order valence-corrected chi connectivity index (χ1v) is 10.2. The van der Waals surface area contributed by atoms with Gasteiger partial charge in [-0.1, -0.05) is 30.3 Å². The molecule has 0 spiro atoms. The number of aromatic carboxylic acids is 1. The van der Waals surface area contributed by atoms with Gasteiger partial charge in [0.15, 0.2) is 0 Å². The van der Waals surface area contributed by atoms with Gasteiger partial charge in [-0.15, -0.1) is 0 Å². The van der Waals surface area contributed by atoms with E-state index in [0.717, 1.165) is 33.3 Å². The van der Waals surface area contributed by atoms with Crippen molar-refractivity contribution in [2.24, 2.45) is 0 Å². The van der Waals surface area contributed by atoms with Gasteiger partial charge in [-0.3, -0.25) is 0 Å². The van der Waals surface area contributed by atoms with Crippen molar-refractivity contribution in [1.82, 2.24) is 9.55 Å². The normalized spacial score (nSPS) is 14.1. The number of carbonyl (C=O) groups is 1. The summed E-state index contributed by atoms with van der Waals surface area (Å²) in [5.41, 5.74) is 8.64. The van der Waals surface area contributed by atoms with Crippen LogP contribution >= 0.6 is 0 Å². The summed E-state index contributed by atoms with van der Waals surface area (Å²) in [6, 6.07) is 17.4. The SMILES string of the molecule is Cc1cc2ncn(C/C=C3/c4ccccc4COc4ccc(C(=O)O)cc43)c2cc1C. The van der Waals surface area contributed by atoms with E-state index in [1.165, 1.54) is 11.1 Å². The molecule has 5 heteroatoms. The van der Waals surface area contributed by atoms with E-state index in [1.54, 1.807) is 18.2 Å². The number of carboxylic acids is 1. The molecular weight excluding hydrogens is 388 g/mol. The predicted octanol–water partition coefficient (Wildman–Crippen LogP) is 5.38. The maximum absolute atomic E-state index is 11.6. The predicted molar refractivity (Wildman–Crippen MR) is 120 cm³/mol. The Morgan fingerprint density at radius 2 is 1.90 bits per heavy atom. The summed E-state index contributed by atoms with van der Waals surface area (Å²) >= 11 is 0. The van der Waals surface area contributed by atoms with Crippen LogP contribution in [-0.2, 0) is 13.2 Å². The van der Waals surface area contributed by atoms with E-state index in [1.807, 2.05) is 24.5 Å². The molecule has 0 radical (unpaired) electrons. The lowest BCUT2D eigenvalue weighted by Crippen LogP contribution is -2.00.